The zero-order chi connectivity index (χ0) is 25.9. The minimum absolute atomic E-state index is 0.00782. The first kappa shape index (κ1) is 24.7. The molecule has 36 heavy (non-hydrogen) atoms. The van der Waals surface area contributed by atoms with Crippen LogP contribution in [0.5, 0.6) is 0 Å². The van der Waals surface area contributed by atoms with E-state index in [4.69, 9.17) is 9.26 Å². The molecule has 0 spiro atoms. The largest absolute Gasteiger partial charge is 0.468 e. The molecule has 8 atom stereocenters. The van der Waals surface area contributed by atoms with Gasteiger partial charge in [0.1, 0.15) is 5.41 Å². The Morgan fingerprint density at radius 3 is 2.44 bits per heavy atom. The van der Waals surface area contributed by atoms with Crippen LogP contribution in [-0.4, -0.2) is 18.2 Å². The zero-order valence-corrected chi connectivity index (χ0v) is 23.9. The predicted octanol–water partition coefficient (Wildman–Crippen LogP) is 7.66. The molecule has 1 aromatic rings. The van der Waals surface area contributed by atoms with Gasteiger partial charge in [-0.3, -0.25) is 4.79 Å². The van der Waals surface area contributed by atoms with Crippen LogP contribution in [0.2, 0.25) is 0 Å². The maximum atomic E-state index is 13.4. The molecule has 4 nitrogen and oxygen atoms in total. The molecule has 198 valence electrons. The fourth-order valence-corrected chi connectivity index (χ4v) is 10.9. The second-order valence-electron chi connectivity index (χ2n) is 15.4. The molecule has 3 saturated carbocycles. The van der Waals surface area contributed by atoms with Crippen molar-refractivity contribution in [1.82, 2.24) is 5.16 Å². The maximum Gasteiger partial charge on any atom is 0.319 e. The summed E-state index contributed by atoms with van der Waals surface area (Å²) in [6.07, 6.45) is 15.5. The molecule has 0 saturated heterocycles. The van der Waals surface area contributed by atoms with Crippen molar-refractivity contribution < 1.29 is 14.1 Å². The Hall–Kier alpha value is -1.58. The van der Waals surface area contributed by atoms with Gasteiger partial charge >= 0.3 is 5.97 Å². The van der Waals surface area contributed by atoms with E-state index in [9.17, 15) is 4.79 Å². The lowest BCUT2D eigenvalue weighted by atomic mass is 9.34. The third kappa shape index (κ3) is 2.83. The normalized spacial score (nSPS) is 48.9. The van der Waals surface area contributed by atoms with E-state index in [-0.39, 0.29) is 28.1 Å². The Morgan fingerprint density at radius 1 is 1.00 bits per heavy atom. The topological polar surface area (TPSA) is 52.3 Å². The summed E-state index contributed by atoms with van der Waals surface area (Å²) in [6.45, 7) is 17.4. The van der Waals surface area contributed by atoms with Gasteiger partial charge in [-0.05, 0) is 110 Å². The van der Waals surface area contributed by atoms with Crippen LogP contribution in [0, 0.1) is 44.8 Å². The fraction of sp³-hybridized carbons (Fsp3) is 0.812. The molecule has 5 aliphatic rings. The average Bonchev–Trinajstić information content (AvgIpc) is 3.28. The first-order chi connectivity index (χ1) is 16.8. The van der Waals surface area contributed by atoms with Gasteiger partial charge in [0.05, 0.1) is 13.3 Å². The van der Waals surface area contributed by atoms with Crippen LogP contribution >= 0.6 is 0 Å². The highest BCUT2D eigenvalue weighted by Crippen LogP contribution is 2.75. The van der Waals surface area contributed by atoms with Crippen LogP contribution in [0.4, 0.5) is 0 Å². The van der Waals surface area contributed by atoms with E-state index in [2.05, 4.69) is 59.7 Å². The van der Waals surface area contributed by atoms with E-state index in [1.54, 1.807) is 5.57 Å². The summed E-state index contributed by atoms with van der Waals surface area (Å²) in [7, 11) is 1.52. The molecule has 0 bridgehead atoms. The predicted molar refractivity (Wildman–Crippen MR) is 141 cm³/mol. The lowest BCUT2D eigenvalue weighted by Crippen LogP contribution is -2.65. The van der Waals surface area contributed by atoms with Crippen molar-refractivity contribution >= 4 is 5.97 Å². The van der Waals surface area contributed by atoms with Gasteiger partial charge in [-0.15, -0.1) is 0 Å². The SMILES string of the molecule is COC(=O)[C@@]1(C)c2oncc2C[C@@]2(C)[C@H]1CC[C@]1(C)[C@@H]2CC=C2[C@@H]3CC(C)(C)CC[C@]3(C)CC[C@]21C. The summed E-state index contributed by atoms with van der Waals surface area (Å²) in [5, 5.41) is 4.18. The second-order valence-corrected chi connectivity index (χ2v) is 15.4. The fourth-order valence-electron chi connectivity index (χ4n) is 10.9. The smallest absolute Gasteiger partial charge is 0.319 e. The second kappa shape index (κ2) is 7.29. The van der Waals surface area contributed by atoms with Crippen LogP contribution < -0.4 is 0 Å². The minimum atomic E-state index is -0.779. The molecule has 1 aromatic heterocycles. The number of carbonyl (C=O) groups is 1. The van der Waals surface area contributed by atoms with Crippen molar-refractivity contribution in [2.75, 3.05) is 7.11 Å². The molecule has 3 fully saturated rings. The maximum absolute atomic E-state index is 13.4. The van der Waals surface area contributed by atoms with E-state index >= 15 is 0 Å². The number of hydrogen-bond acceptors (Lipinski definition) is 4. The first-order valence-corrected chi connectivity index (χ1v) is 14.5. The molecule has 5 aliphatic carbocycles. The molecular formula is C32H47NO3. The van der Waals surface area contributed by atoms with Crippen molar-refractivity contribution in [3.05, 3.63) is 29.2 Å². The Kier molecular flexibility index (Phi) is 5.01. The van der Waals surface area contributed by atoms with Crippen molar-refractivity contribution in [1.29, 1.82) is 0 Å². The number of esters is 1. The molecule has 0 radical (unpaired) electrons. The van der Waals surface area contributed by atoms with Gasteiger partial charge in [0, 0.05) is 5.56 Å². The molecule has 0 N–H and O–H groups in total. The number of carbonyl (C=O) groups excluding carboxylic acids is 1. The van der Waals surface area contributed by atoms with Gasteiger partial charge in [0.2, 0.25) is 0 Å². The molecule has 6 rings (SSSR count). The lowest BCUT2D eigenvalue weighted by Gasteiger charge is -2.70. The minimum Gasteiger partial charge on any atom is -0.468 e. The van der Waals surface area contributed by atoms with Crippen molar-refractivity contribution in [3.63, 3.8) is 0 Å². The van der Waals surface area contributed by atoms with E-state index in [0.29, 0.717) is 22.7 Å². The van der Waals surface area contributed by atoms with Crippen LogP contribution in [0.1, 0.15) is 111 Å². The number of methoxy groups -OCH3 is 1. The Morgan fingerprint density at radius 2 is 1.72 bits per heavy atom. The lowest BCUT2D eigenvalue weighted by molar-refractivity contribution is -0.179. The summed E-state index contributed by atoms with van der Waals surface area (Å²) in [4.78, 5) is 13.4. The van der Waals surface area contributed by atoms with E-state index in [1.165, 1.54) is 39.2 Å². The van der Waals surface area contributed by atoms with Crippen LogP contribution in [0.3, 0.4) is 0 Å². The molecule has 0 amide bonds. The third-order valence-corrected chi connectivity index (χ3v) is 13.3. The van der Waals surface area contributed by atoms with Crippen LogP contribution in [-0.2, 0) is 21.4 Å². The van der Waals surface area contributed by atoms with Crippen LogP contribution in [0.25, 0.3) is 0 Å². The molecule has 0 aliphatic heterocycles. The highest BCUT2D eigenvalue weighted by atomic mass is 16.5. The van der Waals surface area contributed by atoms with Gasteiger partial charge in [-0.2, -0.15) is 0 Å². The van der Waals surface area contributed by atoms with Crippen LogP contribution in [0.15, 0.2) is 22.4 Å². The first-order valence-electron chi connectivity index (χ1n) is 14.5. The summed E-state index contributed by atoms with van der Waals surface area (Å²) in [6, 6.07) is 0. The van der Waals surface area contributed by atoms with Crippen molar-refractivity contribution in [2.24, 2.45) is 44.8 Å². The summed E-state index contributed by atoms with van der Waals surface area (Å²) in [5.74, 6) is 2.00. The standard InChI is InChI=1S/C32H47NO3/c1-27(2)13-14-28(3)15-16-30(5)21(22(28)18-27)9-10-23-29(4)17-20-19-33-36-25(20)32(7,26(34)35-8)24(29)11-12-31(23,30)6/h9,19,22-24H,10-18H2,1-8H3/t22-,23+,24+,28+,29+,30+,31+,32+/m0/s1. The highest BCUT2D eigenvalue weighted by molar-refractivity contribution is 5.83. The molecule has 1 heterocycles. The Bertz CT molecular complexity index is 1130. The summed E-state index contributed by atoms with van der Waals surface area (Å²) < 4.78 is 11.2. The third-order valence-electron chi connectivity index (χ3n) is 13.3. The zero-order valence-electron chi connectivity index (χ0n) is 23.9. The summed E-state index contributed by atoms with van der Waals surface area (Å²) >= 11 is 0. The molecule has 0 unspecified atom stereocenters. The van der Waals surface area contributed by atoms with Gasteiger partial charge in [0.25, 0.3) is 0 Å². The quantitative estimate of drug-likeness (QED) is 0.298. The molecular weight excluding hydrogens is 446 g/mol. The number of aromatic nitrogens is 1. The number of fused-ring (bicyclic) bond motifs is 8. The van der Waals surface area contributed by atoms with E-state index < -0.39 is 5.41 Å². The number of rotatable bonds is 1. The van der Waals surface area contributed by atoms with Gasteiger partial charge in [-0.1, -0.05) is 58.3 Å². The highest BCUT2D eigenvalue weighted by Gasteiger charge is 2.70. The molecule has 0 aromatic carbocycles. The summed E-state index contributed by atoms with van der Waals surface area (Å²) in [5.41, 5.74) is 3.44. The van der Waals surface area contributed by atoms with E-state index in [1.807, 2.05) is 6.20 Å². The average molecular weight is 494 g/mol. The molecule has 4 heteroatoms. The van der Waals surface area contributed by atoms with Gasteiger partial charge in [-0.25, -0.2) is 0 Å². The van der Waals surface area contributed by atoms with Crippen molar-refractivity contribution in [2.45, 2.75) is 112 Å². The number of hydrogen-bond donors (Lipinski definition) is 0. The van der Waals surface area contributed by atoms with Crippen molar-refractivity contribution in [3.8, 4) is 0 Å². The number of ether oxygens (including phenoxy) is 1. The van der Waals surface area contributed by atoms with E-state index in [0.717, 1.165) is 37.0 Å². The Balaban J connectivity index is 1.47. The monoisotopic (exact) mass is 493 g/mol. The van der Waals surface area contributed by atoms with Gasteiger partial charge < -0.3 is 9.26 Å². The number of allylic oxidation sites excluding steroid dienone is 2. The number of nitrogens with zero attached hydrogens (tertiary/aromatic N) is 1. The van der Waals surface area contributed by atoms with Gasteiger partial charge in [0.15, 0.2) is 5.76 Å². The Labute approximate surface area is 218 Å².